The monoisotopic (exact) mass is 224 g/mol. The van der Waals surface area contributed by atoms with Gasteiger partial charge in [0.25, 0.3) is 0 Å². The lowest BCUT2D eigenvalue weighted by Gasteiger charge is -2.10. The lowest BCUT2D eigenvalue weighted by Crippen LogP contribution is -2.31. The van der Waals surface area contributed by atoms with E-state index in [2.05, 4.69) is 0 Å². The Labute approximate surface area is 96.0 Å². The largest absolute Gasteiger partial charge is 0.494 e. The smallest absolute Gasteiger partial charge is 0.492 e. The predicted octanol–water partition coefficient (Wildman–Crippen LogP) is 0.172. The Bertz CT molecular complexity index is 304. The van der Waals surface area contributed by atoms with Gasteiger partial charge in [0.2, 0.25) is 0 Å². The highest BCUT2D eigenvalue weighted by Gasteiger charge is 2.15. The van der Waals surface area contributed by atoms with Crippen LogP contribution in [0, 0.1) is 0 Å². The molecular formula is C11H17BO4. The highest BCUT2D eigenvalue weighted by molar-refractivity contribution is 6.59. The second-order valence-corrected chi connectivity index (χ2v) is 3.46. The minimum Gasteiger partial charge on any atom is -0.494 e. The summed E-state index contributed by atoms with van der Waals surface area (Å²) in [6, 6.07) is 6.91. The van der Waals surface area contributed by atoms with Crippen molar-refractivity contribution in [2.24, 2.45) is 0 Å². The normalized spacial score (nSPS) is 10.2. The molecule has 0 radical (unpaired) electrons. The highest BCUT2D eigenvalue weighted by atomic mass is 16.5. The molecular weight excluding hydrogens is 207 g/mol. The maximum atomic E-state index is 9.10. The molecule has 0 aliphatic carbocycles. The molecule has 0 saturated carbocycles. The highest BCUT2D eigenvalue weighted by Crippen LogP contribution is 2.07. The molecule has 1 rings (SSSR count). The minimum atomic E-state index is -1.49. The fourth-order valence-electron chi connectivity index (χ4n) is 1.36. The Morgan fingerprint density at radius 3 is 2.50 bits per heavy atom. The molecule has 16 heavy (non-hydrogen) atoms. The van der Waals surface area contributed by atoms with E-state index in [1.807, 2.05) is 0 Å². The van der Waals surface area contributed by atoms with E-state index in [0.717, 1.165) is 12.8 Å². The Kier molecular flexibility index (Phi) is 5.92. The van der Waals surface area contributed by atoms with Gasteiger partial charge in [0.1, 0.15) is 5.75 Å². The first-order valence-corrected chi connectivity index (χ1v) is 5.32. The third kappa shape index (κ3) is 4.22. The maximum absolute atomic E-state index is 9.10. The average Bonchev–Trinajstić information content (AvgIpc) is 2.29. The molecule has 0 amide bonds. The molecule has 0 aliphatic rings. The Morgan fingerprint density at radius 2 is 1.81 bits per heavy atom. The summed E-state index contributed by atoms with van der Waals surface area (Å²) >= 11 is 0. The average molecular weight is 224 g/mol. The molecule has 0 aromatic heterocycles. The van der Waals surface area contributed by atoms with Gasteiger partial charge >= 0.3 is 7.12 Å². The lowest BCUT2D eigenvalue weighted by atomic mass is 9.79. The molecule has 0 fully saturated rings. The van der Waals surface area contributed by atoms with Gasteiger partial charge in [0.05, 0.1) is 6.61 Å². The summed E-state index contributed by atoms with van der Waals surface area (Å²) < 4.78 is 10.4. The van der Waals surface area contributed by atoms with Crippen molar-refractivity contribution < 1.29 is 19.5 Å². The van der Waals surface area contributed by atoms with Crippen LogP contribution in [0.4, 0.5) is 0 Å². The summed E-state index contributed by atoms with van der Waals surface area (Å²) in [6.07, 6.45) is 1.81. The molecule has 88 valence electrons. The van der Waals surface area contributed by atoms with Crippen LogP contribution in [0.2, 0.25) is 0 Å². The topological polar surface area (TPSA) is 58.9 Å². The van der Waals surface area contributed by atoms with Crippen molar-refractivity contribution in [2.75, 3.05) is 20.3 Å². The van der Waals surface area contributed by atoms with Crippen molar-refractivity contribution in [2.45, 2.75) is 12.8 Å². The number of hydrogen-bond acceptors (Lipinski definition) is 4. The molecule has 0 spiro atoms. The van der Waals surface area contributed by atoms with Gasteiger partial charge in [0, 0.05) is 19.2 Å². The van der Waals surface area contributed by atoms with Gasteiger partial charge in [-0.05, 0) is 18.9 Å². The first-order valence-electron chi connectivity index (χ1n) is 5.32. The van der Waals surface area contributed by atoms with Crippen LogP contribution >= 0.6 is 0 Å². The Hall–Kier alpha value is -1.04. The second kappa shape index (κ2) is 7.27. The number of benzene rings is 1. The summed E-state index contributed by atoms with van der Waals surface area (Å²) in [7, 11) is 0.174. The summed E-state index contributed by atoms with van der Waals surface area (Å²) in [4.78, 5) is 0. The van der Waals surface area contributed by atoms with Crippen LogP contribution < -0.4 is 10.2 Å². The molecule has 5 heteroatoms. The van der Waals surface area contributed by atoms with Crippen LogP contribution in [0.3, 0.4) is 0 Å². The van der Waals surface area contributed by atoms with Crippen molar-refractivity contribution in [1.82, 2.24) is 0 Å². The van der Waals surface area contributed by atoms with Gasteiger partial charge in [-0.15, -0.1) is 0 Å². The van der Waals surface area contributed by atoms with Crippen molar-refractivity contribution in [1.29, 1.82) is 0 Å². The van der Waals surface area contributed by atoms with Crippen LogP contribution in [0.1, 0.15) is 12.8 Å². The molecule has 2 N–H and O–H groups in total. The third-order valence-corrected chi connectivity index (χ3v) is 2.20. The Morgan fingerprint density at radius 1 is 1.12 bits per heavy atom. The van der Waals surface area contributed by atoms with E-state index in [9.17, 15) is 0 Å². The van der Waals surface area contributed by atoms with Gasteiger partial charge in [-0.3, -0.25) is 0 Å². The van der Waals surface area contributed by atoms with Crippen LogP contribution in [0.15, 0.2) is 24.3 Å². The van der Waals surface area contributed by atoms with Crippen LogP contribution in [-0.4, -0.2) is 37.5 Å². The summed E-state index contributed by atoms with van der Waals surface area (Å²) in [5, 5.41) is 18.2. The van der Waals surface area contributed by atoms with Gasteiger partial charge < -0.3 is 19.5 Å². The first-order chi connectivity index (χ1) is 7.75. The lowest BCUT2D eigenvalue weighted by molar-refractivity contribution is 0.184. The molecule has 0 aliphatic heterocycles. The van der Waals surface area contributed by atoms with E-state index >= 15 is 0 Å². The summed E-state index contributed by atoms with van der Waals surface area (Å²) in [5.41, 5.74) is 0.397. The first kappa shape index (κ1) is 13.0. The molecule has 0 atom stereocenters. The zero-order valence-corrected chi connectivity index (χ0v) is 9.43. The van der Waals surface area contributed by atoms with Crippen molar-refractivity contribution in [3.8, 4) is 5.75 Å². The molecule has 1 aromatic rings. The van der Waals surface area contributed by atoms with Crippen molar-refractivity contribution >= 4 is 12.6 Å². The number of para-hydroxylation sites is 1. The number of rotatable bonds is 7. The summed E-state index contributed by atoms with van der Waals surface area (Å²) in [6.45, 7) is 1.26. The van der Waals surface area contributed by atoms with Crippen molar-refractivity contribution in [3.63, 3.8) is 0 Å². The minimum absolute atomic E-state index is 0.397. The third-order valence-electron chi connectivity index (χ3n) is 2.20. The maximum Gasteiger partial charge on any atom is 0.492 e. The van der Waals surface area contributed by atoms with E-state index in [0.29, 0.717) is 24.4 Å². The van der Waals surface area contributed by atoms with E-state index in [4.69, 9.17) is 19.5 Å². The number of ether oxygens (including phenoxy) is 2. The molecule has 0 unspecified atom stereocenters. The van der Waals surface area contributed by atoms with Gasteiger partial charge in [0.15, 0.2) is 0 Å². The van der Waals surface area contributed by atoms with E-state index in [-0.39, 0.29) is 0 Å². The number of hydrogen-bond donors (Lipinski definition) is 2. The van der Waals surface area contributed by atoms with Crippen LogP contribution in [0.5, 0.6) is 5.75 Å². The van der Waals surface area contributed by atoms with E-state index in [1.54, 1.807) is 31.4 Å². The van der Waals surface area contributed by atoms with Gasteiger partial charge in [-0.1, -0.05) is 18.2 Å². The quantitative estimate of drug-likeness (QED) is 0.512. The molecule has 0 saturated heterocycles. The molecule has 1 aromatic carbocycles. The SMILES string of the molecule is COCCCCOc1ccccc1B(O)O. The fourth-order valence-corrected chi connectivity index (χ4v) is 1.36. The molecule has 0 heterocycles. The number of methoxy groups -OCH3 is 1. The zero-order valence-electron chi connectivity index (χ0n) is 9.43. The standard InChI is InChI=1S/C11H17BO4/c1-15-8-4-5-9-16-11-7-3-2-6-10(11)12(13)14/h2-3,6-7,13-14H,4-5,8-9H2,1H3. The Balaban J connectivity index is 2.41. The predicted molar refractivity (Wildman–Crippen MR) is 62.9 cm³/mol. The second-order valence-electron chi connectivity index (χ2n) is 3.46. The molecule has 0 bridgehead atoms. The fraction of sp³-hybridized carbons (Fsp3) is 0.455. The van der Waals surface area contributed by atoms with Gasteiger partial charge in [-0.2, -0.15) is 0 Å². The van der Waals surface area contributed by atoms with Crippen LogP contribution in [-0.2, 0) is 4.74 Å². The zero-order chi connectivity index (χ0) is 11.8. The van der Waals surface area contributed by atoms with E-state index in [1.165, 1.54) is 0 Å². The van der Waals surface area contributed by atoms with E-state index < -0.39 is 7.12 Å². The van der Waals surface area contributed by atoms with Gasteiger partial charge in [-0.25, -0.2) is 0 Å². The summed E-state index contributed by atoms with van der Waals surface area (Å²) in [5.74, 6) is 0.523. The molecule has 4 nitrogen and oxygen atoms in total. The van der Waals surface area contributed by atoms with Crippen molar-refractivity contribution in [3.05, 3.63) is 24.3 Å². The number of unbranched alkanes of at least 4 members (excludes halogenated alkanes) is 1. The van der Waals surface area contributed by atoms with Crippen LogP contribution in [0.25, 0.3) is 0 Å².